The number of nitrogens with zero attached hydrogens (tertiary/aromatic N) is 1. The molecule has 0 fully saturated rings. The summed E-state index contributed by atoms with van der Waals surface area (Å²) >= 11 is -2.16. The summed E-state index contributed by atoms with van der Waals surface area (Å²) in [6, 6.07) is 0. The number of rotatable bonds is 0. The molecule has 0 aromatic carbocycles. The van der Waals surface area contributed by atoms with Gasteiger partial charge in [0.15, 0.2) is 0 Å². The van der Waals surface area contributed by atoms with E-state index in [2.05, 4.69) is 3.24 Å². The quantitative estimate of drug-likeness (QED) is 0.505. The van der Waals surface area contributed by atoms with E-state index in [1.165, 1.54) is 0 Å². The van der Waals surface area contributed by atoms with Gasteiger partial charge in [0.2, 0.25) is 0 Å². The van der Waals surface area contributed by atoms with Crippen molar-refractivity contribution in [2.75, 3.05) is 0 Å². The average Bonchev–Trinajstić information content (AvgIpc) is 1.86. The molecule has 2 nitrogen and oxygen atoms in total. The van der Waals surface area contributed by atoms with E-state index in [0.29, 0.717) is 0 Å². The van der Waals surface area contributed by atoms with Gasteiger partial charge in [-0.3, -0.25) is 0 Å². The normalized spacial score (nSPS) is 20.0. The van der Waals surface area contributed by atoms with E-state index in [9.17, 15) is 3.10 Å². The monoisotopic (exact) mass is 199 g/mol. The summed E-state index contributed by atoms with van der Waals surface area (Å²) in [5.41, 5.74) is 0. The van der Waals surface area contributed by atoms with Crippen molar-refractivity contribution in [2.24, 2.45) is 3.24 Å². The van der Waals surface area contributed by atoms with Gasteiger partial charge >= 0.3 is 42.6 Å². The molecule has 1 heterocycles. The number of allylic oxidation sites excluding steroid dienone is 1. The molecule has 6 heavy (non-hydrogen) atoms. The first-order valence-electron chi connectivity index (χ1n) is 1.51. The SMILES string of the molecule is O=[Te]1C=CC=N1. The molecule has 0 amide bonds. The van der Waals surface area contributed by atoms with Crippen LogP contribution in [-0.4, -0.2) is 26.0 Å². The molecule has 1 aliphatic rings. The summed E-state index contributed by atoms with van der Waals surface area (Å²) in [5, 5.41) is 0. The molecule has 0 atom stereocenters. The summed E-state index contributed by atoms with van der Waals surface area (Å²) in [7, 11) is 0. The molecule has 0 saturated heterocycles. The zero-order valence-electron chi connectivity index (χ0n) is 3.00. The third kappa shape index (κ3) is 0.735. The van der Waals surface area contributed by atoms with E-state index < -0.39 is 19.8 Å². The van der Waals surface area contributed by atoms with Gasteiger partial charge in [-0.25, -0.2) is 0 Å². The van der Waals surface area contributed by atoms with Crippen molar-refractivity contribution in [3.8, 4) is 0 Å². The van der Waals surface area contributed by atoms with Gasteiger partial charge < -0.3 is 0 Å². The molecule has 0 unspecified atom stereocenters. The van der Waals surface area contributed by atoms with E-state index in [0.717, 1.165) is 0 Å². The Morgan fingerprint density at radius 3 is 2.67 bits per heavy atom. The molecule has 1 rings (SSSR count). The molecule has 0 saturated carbocycles. The van der Waals surface area contributed by atoms with Gasteiger partial charge in [-0.2, -0.15) is 0 Å². The van der Waals surface area contributed by atoms with Crippen LogP contribution in [0.4, 0.5) is 0 Å². The Bertz CT molecular complexity index is 113. The van der Waals surface area contributed by atoms with Crippen LogP contribution in [0.5, 0.6) is 0 Å². The maximum atomic E-state index is 10.2. The van der Waals surface area contributed by atoms with Crippen LogP contribution >= 0.6 is 0 Å². The van der Waals surface area contributed by atoms with Crippen LogP contribution in [0.1, 0.15) is 0 Å². The molecule has 32 valence electrons. The third-order valence-electron chi connectivity index (χ3n) is 0.446. The Morgan fingerprint density at radius 1 is 1.67 bits per heavy atom. The fourth-order valence-electron chi connectivity index (χ4n) is 0.233. The van der Waals surface area contributed by atoms with E-state index >= 15 is 0 Å². The van der Waals surface area contributed by atoms with Crippen molar-refractivity contribution in [1.82, 2.24) is 0 Å². The second-order valence-corrected chi connectivity index (χ2v) is 3.81. The maximum absolute atomic E-state index is 10.2. The molecule has 0 aromatic heterocycles. The molecule has 0 aromatic rings. The second-order valence-electron chi connectivity index (χ2n) is 0.859. The first-order valence-corrected chi connectivity index (χ1v) is 4.85. The Kier molecular flexibility index (Phi) is 1.13. The van der Waals surface area contributed by atoms with Crippen molar-refractivity contribution in [3.05, 3.63) is 10.2 Å². The van der Waals surface area contributed by atoms with Crippen LogP contribution in [0, 0.1) is 0 Å². The number of hydrogen-bond donors (Lipinski definition) is 0. The second kappa shape index (κ2) is 1.63. The molecule has 3 heteroatoms. The predicted molar refractivity (Wildman–Crippen MR) is 24.1 cm³/mol. The van der Waals surface area contributed by atoms with E-state index in [4.69, 9.17) is 0 Å². The Labute approximate surface area is 42.9 Å². The van der Waals surface area contributed by atoms with Crippen LogP contribution in [-0.2, 0) is 3.10 Å². The van der Waals surface area contributed by atoms with Gasteiger partial charge in [0.05, 0.1) is 0 Å². The van der Waals surface area contributed by atoms with Crippen molar-refractivity contribution in [3.63, 3.8) is 0 Å². The van der Waals surface area contributed by atoms with Crippen molar-refractivity contribution in [1.29, 1.82) is 0 Å². The van der Waals surface area contributed by atoms with Gasteiger partial charge in [-0.05, 0) is 0 Å². The summed E-state index contributed by atoms with van der Waals surface area (Å²) in [4.78, 5) is 0. The molecule has 1 aliphatic heterocycles. The minimum atomic E-state index is -2.16. The van der Waals surface area contributed by atoms with Gasteiger partial charge in [0.25, 0.3) is 0 Å². The van der Waals surface area contributed by atoms with E-state index in [1.54, 1.807) is 16.4 Å². The standard InChI is InChI=1S/C3H3NOTe/c5-6-3-1-2-4-6/h1-3H. The first-order chi connectivity index (χ1) is 2.89. The van der Waals surface area contributed by atoms with Crippen molar-refractivity contribution < 1.29 is 3.10 Å². The Balaban J connectivity index is 2.86. The van der Waals surface area contributed by atoms with Crippen LogP contribution in [0.25, 0.3) is 0 Å². The summed E-state index contributed by atoms with van der Waals surface area (Å²) < 4.78 is 15.5. The van der Waals surface area contributed by atoms with E-state index in [1.807, 2.05) is 0 Å². The fourth-order valence-corrected chi connectivity index (χ4v) is 1.56. The average molecular weight is 197 g/mol. The third-order valence-corrected chi connectivity index (χ3v) is 2.50. The van der Waals surface area contributed by atoms with Gasteiger partial charge in [-0.1, -0.05) is 0 Å². The molecule has 0 spiro atoms. The zero-order chi connectivity index (χ0) is 4.41. The first kappa shape index (κ1) is 4.17. The molecule has 0 bridgehead atoms. The summed E-state index contributed by atoms with van der Waals surface area (Å²) in [6.45, 7) is 0. The van der Waals surface area contributed by atoms with Crippen LogP contribution in [0.3, 0.4) is 0 Å². The topological polar surface area (TPSA) is 29.4 Å². The van der Waals surface area contributed by atoms with Crippen molar-refractivity contribution in [2.45, 2.75) is 0 Å². The molecular formula is C3H3NOTe. The minimum absolute atomic E-state index is 1.59. The van der Waals surface area contributed by atoms with Gasteiger partial charge in [0, 0.05) is 0 Å². The van der Waals surface area contributed by atoms with Crippen LogP contribution in [0.15, 0.2) is 13.4 Å². The van der Waals surface area contributed by atoms with Crippen LogP contribution < -0.4 is 0 Å². The number of hydrogen-bond acceptors (Lipinski definition) is 1. The van der Waals surface area contributed by atoms with E-state index in [-0.39, 0.29) is 0 Å². The van der Waals surface area contributed by atoms with Gasteiger partial charge in [0.1, 0.15) is 0 Å². The molecule has 0 N–H and O–H groups in total. The molecular weight excluding hydrogens is 194 g/mol. The molecule has 0 aliphatic carbocycles. The Hall–Kier alpha value is -0.000390. The predicted octanol–water partition coefficient (Wildman–Crippen LogP) is 0.0849. The summed E-state index contributed by atoms with van der Waals surface area (Å²) in [6.07, 6.45) is 3.31. The van der Waals surface area contributed by atoms with Gasteiger partial charge in [-0.15, -0.1) is 0 Å². The van der Waals surface area contributed by atoms with Crippen molar-refractivity contribution >= 4 is 26.0 Å². The summed E-state index contributed by atoms with van der Waals surface area (Å²) in [5.74, 6) is 0. The zero-order valence-corrected chi connectivity index (χ0v) is 5.33. The molecule has 0 radical (unpaired) electrons. The van der Waals surface area contributed by atoms with Crippen LogP contribution in [0.2, 0.25) is 0 Å². The fraction of sp³-hybridized carbons (Fsp3) is 0. The Morgan fingerprint density at radius 2 is 2.50 bits per heavy atom.